The molecule has 1 fully saturated rings. The minimum atomic E-state index is -3.73. The van der Waals surface area contributed by atoms with E-state index in [0.717, 1.165) is 54.8 Å². The number of carbonyl (C=O) groups is 1. The Hall–Kier alpha value is -2.16. The Morgan fingerprint density at radius 2 is 1.77 bits per heavy atom. The molecular weight excluding hydrogens is 418 g/mol. The van der Waals surface area contributed by atoms with Crippen molar-refractivity contribution >= 4 is 38.3 Å². The van der Waals surface area contributed by atoms with E-state index in [-0.39, 0.29) is 5.91 Å². The summed E-state index contributed by atoms with van der Waals surface area (Å²) < 4.78 is 28.2. The molecule has 0 unspecified atom stereocenters. The number of nitrogens with zero attached hydrogens (tertiary/aromatic N) is 2. The zero-order valence-corrected chi connectivity index (χ0v) is 18.8. The van der Waals surface area contributed by atoms with E-state index in [1.165, 1.54) is 16.7 Å². The fourth-order valence-corrected chi connectivity index (χ4v) is 6.34. The molecule has 30 heavy (non-hydrogen) atoms. The third-order valence-corrected chi connectivity index (χ3v) is 7.97. The van der Waals surface area contributed by atoms with E-state index in [1.54, 1.807) is 6.08 Å². The number of rotatable bonds is 5. The van der Waals surface area contributed by atoms with Gasteiger partial charge in [0, 0.05) is 31.1 Å². The molecule has 2 heterocycles. The summed E-state index contributed by atoms with van der Waals surface area (Å²) in [6.45, 7) is 3.00. The van der Waals surface area contributed by atoms with Gasteiger partial charge < -0.3 is 9.80 Å². The predicted octanol–water partition coefficient (Wildman–Crippen LogP) is 3.43. The number of anilines is 1. The first-order chi connectivity index (χ1) is 14.4. The summed E-state index contributed by atoms with van der Waals surface area (Å²) in [6, 6.07) is 9.30. The van der Waals surface area contributed by atoms with Crippen LogP contribution in [0.5, 0.6) is 0 Å². The van der Waals surface area contributed by atoms with Gasteiger partial charge >= 0.3 is 0 Å². The first kappa shape index (κ1) is 21.1. The lowest BCUT2D eigenvalue weighted by Gasteiger charge is -2.32. The Kier molecular flexibility index (Phi) is 6.26. The van der Waals surface area contributed by atoms with Crippen LogP contribution >= 0.6 is 11.3 Å². The fraction of sp³-hybridized carbons (Fsp3) is 0.409. The second kappa shape index (κ2) is 8.91. The van der Waals surface area contributed by atoms with E-state index in [4.69, 9.17) is 0 Å². The maximum absolute atomic E-state index is 13.4. The Balaban J connectivity index is 1.62. The van der Waals surface area contributed by atoms with E-state index >= 15 is 0 Å². The lowest BCUT2D eigenvalue weighted by atomic mass is 9.95. The summed E-state index contributed by atoms with van der Waals surface area (Å²) in [5.74, 6) is -0.0489. The number of aryl methyl sites for hydroxylation is 1. The van der Waals surface area contributed by atoms with E-state index in [2.05, 4.69) is 9.62 Å². The molecule has 1 aliphatic heterocycles. The van der Waals surface area contributed by atoms with Gasteiger partial charge in [-0.15, -0.1) is 11.3 Å². The Morgan fingerprint density at radius 1 is 1.07 bits per heavy atom. The molecule has 0 atom stereocenters. The predicted molar refractivity (Wildman–Crippen MR) is 122 cm³/mol. The molecule has 1 aromatic carbocycles. The summed E-state index contributed by atoms with van der Waals surface area (Å²) in [7, 11) is -1.68. The van der Waals surface area contributed by atoms with Gasteiger partial charge in [-0.25, -0.2) is 8.42 Å². The number of likely N-dealkylation sites (N-methyl/N-ethyl adjacent to an activating group) is 1. The standard InChI is InChI=1S/C22H27N3O3S2/c1-24-12-14-25(15-13-24)22(26)20-18-9-5-6-10-19(18)29-21(20)23-30(27,28)16-11-17-7-3-2-4-8-17/h2-4,7-8,11,16,23H,5-6,9-10,12-15H2,1H3/b16-11+. The van der Waals surface area contributed by atoms with Gasteiger partial charge in [-0.1, -0.05) is 30.3 Å². The number of benzene rings is 1. The molecule has 0 spiro atoms. The van der Waals surface area contributed by atoms with Gasteiger partial charge in [-0.05, 0) is 49.9 Å². The average molecular weight is 446 g/mol. The number of nitrogens with one attached hydrogen (secondary N) is 1. The normalized spacial score (nSPS) is 17.8. The molecule has 0 bridgehead atoms. The van der Waals surface area contributed by atoms with Crippen molar-refractivity contribution in [3.8, 4) is 0 Å². The van der Waals surface area contributed by atoms with Crippen molar-refractivity contribution in [1.82, 2.24) is 9.80 Å². The maximum atomic E-state index is 13.4. The van der Waals surface area contributed by atoms with Crippen molar-refractivity contribution in [2.45, 2.75) is 25.7 Å². The molecule has 1 N–H and O–H groups in total. The zero-order chi connectivity index (χ0) is 21.1. The Labute approximate surface area is 182 Å². The van der Waals surface area contributed by atoms with Crippen molar-refractivity contribution in [3.05, 3.63) is 57.3 Å². The van der Waals surface area contributed by atoms with Gasteiger partial charge in [0.1, 0.15) is 5.00 Å². The zero-order valence-electron chi connectivity index (χ0n) is 17.1. The van der Waals surface area contributed by atoms with Crippen LogP contribution in [-0.4, -0.2) is 57.4 Å². The maximum Gasteiger partial charge on any atom is 0.257 e. The minimum absolute atomic E-state index is 0.0489. The molecule has 6 nitrogen and oxygen atoms in total. The topological polar surface area (TPSA) is 69.7 Å². The average Bonchev–Trinajstić information content (AvgIpc) is 3.10. The highest BCUT2D eigenvalue weighted by molar-refractivity contribution is 7.95. The first-order valence-corrected chi connectivity index (χ1v) is 12.7. The van der Waals surface area contributed by atoms with Crippen LogP contribution in [0, 0.1) is 0 Å². The first-order valence-electron chi connectivity index (χ1n) is 10.3. The van der Waals surface area contributed by atoms with Crippen molar-refractivity contribution in [2.24, 2.45) is 0 Å². The summed E-state index contributed by atoms with van der Waals surface area (Å²) >= 11 is 1.42. The third kappa shape index (κ3) is 4.77. The van der Waals surface area contributed by atoms with Crippen LogP contribution in [0.4, 0.5) is 5.00 Å². The van der Waals surface area contributed by atoms with Gasteiger partial charge in [0.25, 0.3) is 15.9 Å². The lowest BCUT2D eigenvalue weighted by molar-refractivity contribution is 0.0664. The highest BCUT2D eigenvalue weighted by Gasteiger charge is 2.30. The molecule has 1 aliphatic carbocycles. The number of sulfonamides is 1. The molecule has 8 heteroatoms. The highest BCUT2D eigenvalue weighted by Crippen LogP contribution is 2.39. The molecule has 2 aliphatic rings. The SMILES string of the molecule is CN1CCN(C(=O)c2c(NS(=O)(=O)/C=C/c3ccccc3)sc3c2CCCC3)CC1. The molecule has 1 amide bonds. The van der Waals surface area contributed by atoms with Crippen LogP contribution in [0.1, 0.15) is 39.2 Å². The van der Waals surface area contributed by atoms with Crippen molar-refractivity contribution in [1.29, 1.82) is 0 Å². The Bertz CT molecular complexity index is 1040. The molecular formula is C22H27N3O3S2. The van der Waals surface area contributed by atoms with Crippen molar-refractivity contribution in [2.75, 3.05) is 37.9 Å². The van der Waals surface area contributed by atoms with Gasteiger partial charge in [0.15, 0.2) is 0 Å². The summed E-state index contributed by atoms with van der Waals surface area (Å²) in [5.41, 5.74) is 2.41. The van der Waals surface area contributed by atoms with Gasteiger partial charge in [-0.2, -0.15) is 0 Å². The molecule has 4 rings (SSSR count). The molecule has 2 aromatic rings. The van der Waals surface area contributed by atoms with Gasteiger partial charge in [-0.3, -0.25) is 9.52 Å². The summed E-state index contributed by atoms with van der Waals surface area (Å²) in [6.07, 6.45) is 5.42. The van der Waals surface area contributed by atoms with E-state index in [0.29, 0.717) is 23.7 Å². The summed E-state index contributed by atoms with van der Waals surface area (Å²) in [4.78, 5) is 18.6. The van der Waals surface area contributed by atoms with Crippen LogP contribution in [-0.2, 0) is 22.9 Å². The Morgan fingerprint density at radius 3 is 2.50 bits per heavy atom. The van der Waals surface area contributed by atoms with E-state index < -0.39 is 10.0 Å². The molecule has 0 radical (unpaired) electrons. The smallest absolute Gasteiger partial charge is 0.257 e. The second-order valence-electron chi connectivity index (χ2n) is 7.87. The highest BCUT2D eigenvalue weighted by atomic mass is 32.2. The largest absolute Gasteiger partial charge is 0.336 e. The number of thiophene rings is 1. The third-order valence-electron chi connectivity index (χ3n) is 5.65. The molecule has 160 valence electrons. The summed E-state index contributed by atoms with van der Waals surface area (Å²) in [5, 5.41) is 1.63. The molecule has 0 saturated carbocycles. The van der Waals surface area contributed by atoms with Crippen molar-refractivity contribution < 1.29 is 13.2 Å². The number of piperazine rings is 1. The lowest BCUT2D eigenvalue weighted by Crippen LogP contribution is -2.47. The van der Waals surface area contributed by atoms with Crippen LogP contribution in [0.25, 0.3) is 6.08 Å². The van der Waals surface area contributed by atoms with E-state index in [1.807, 2.05) is 42.3 Å². The monoisotopic (exact) mass is 445 g/mol. The van der Waals surface area contributed by atoms with E-state index in [9.17, 15) is 13.2 Å². The van der Waals surface area contributed by atoms with Crippen LogP contribution in [0.3, 0.4) is 0 Å². The number of hydrogen-bond donors (Lipinski definition) is 1. The quantitative estimate of drug-likeness (QED) is 0.766. The number of amides is 1. The van der Waals surface area contributed by atoms with Crippen LogP contribution in [0.2, 0.25) is 0 Å². The second-order valence-corrected chi connectivity index (χ2v) is 10.5. The fourth-order valence-electron chi connectivity index (χ4n) is 3.93. The van der Waals surface area contributed by atoms with Gasteiger partial charge in [0.05, 0.1) is 11.0 Å². The minimum Gasteiger partial charge on any atom is -0.336 e. The number of carbonyl (C=O) groups excluding carboxylic acids is 1. The number of fused-ring (bicyclic) bond motifs is 1. The van der Waals surface area contributed by atoms with Crippen molar-refractivity contribution in [3.63, 3.8) is 0 Å². The molecule has 1 saturated heterocycles. The number of hydrogen-bond acceptors (Lipinski definition) is 5. The van der Waals surface area contributed by atoms with Crippen LogP contribution < -0.4 is 4.72 Å². The van der Waals surface area contributed by atoms with Gasteiger partial charge in [0.2, 0.25) is 0 Å². The molecule has 1 aromatic heterocycles. The van der Waals surface area contributed by atoms with Crippen LogP contribution in [0.15, 0.2) is 35.7 Å².